The number of carbonyl (C=O) groups is 1. The molecule has 0 fully saturated rings. The third-order valence-electron chi connectivity index (χ3n) is 2.37. The standard InChI is InChI=1S/C14H21FN2O/c1-10-5-6-11(7-12(10)15)8-16-9-13(18)17-14(2,3)4/h5-7,16H,8-9H2,1-4H3,(H,17,18). The topological polar surface area (TPSA) is 41.1 Å². The average molecular weight is 252 g/mol. The molecular formula is C14H21FN2O. The average Bonchev–Trinajstić information content (AvgIpc) is 2.20. The molecule has 0 aliphatic rings. The quantitative estimate of drug-likeness (QED) is 0.862. The molecule has 0 saturated heterocycles. The lowest BCUT2D eigenvalue weighted by Crippen LogP contribution is -2.44. The number of carbonyl (C=O) groups excluding carboxylic acids is 1. The van der Waals surface area contributed by atoms with Crippen LogP contribution in [0, 0.1) is 12.7 Å². The van der Waals surface area contributed by atoms with E-state index in [1.807, 2.05) is 26.8 Å². The molecule has 0 heterocycles. The van der Waals surface area contributed by atoms with Gasteiger partial charge in [0.2, 0.25) is 5.91 Å². The predicted molar refractivity (Wildman–Crippen MR) is 70.7 cm³/mol. The summed E-state index contributed by atoms with van der Waals surface area (Å²) in [6.45, 7) is 8.23. The van der Waals surface area contributed by atoms with E-state index in [4.69, 9.17) is 0 Å². The summed E-state index contributed by atoms with van der Waals surface area (Å²) in [6.07, 6.45) is 0. The van der Waals surface area contributed by atoms with E-state index in [-0.39, 0.29) is 23.8 Å². The molecule has 3 nitrogen and oxygen atoms in total. The number of amides is 1. The van der Waals surface area contributed by atoms with Gasteiger partial charge in [-0.1, -0.05) is 12.1 Å². The molecule has 1 rings (SSSR count). The molecule has 0 radical (unpaired) electrons. The number of hydrogen-bond donors (Lipinski definition) is 2. The summed E-state index contributed by atoms with van der Waals surface area (Å²) in [6, 6.07) is 5.08. The Morgan fingerprint density at radius 3 is 2.56 bits per heavy atom. The zero-order chi connectivity index (χ0) is 13.8. The third kappa shape index (κ3) is 5.27. The van der Waals surface area contributed by atoms with Crippen molar-refractivity contribution in [3.8, 4) is 0 Å². The summed E-state index contributed by atoms with van der Waals surface area (Å²) in [5.41, 5.74) is 1.24. The summed E-state index contributed by atoms with van der Waals surface area (Å²) in [4.78, 5) is 11.5. The van der Waals surface area contributed by atoms with Crippen LogP contribution in [0.2, 0.25) is 0 Å². The van der Waals surface area contributed by atoms with Crippen molar-refractivity contribution in [3.63, 3.8) is 0 Å². The van der Waals surface area contributed by atoms with Crippen LogP contribution in [0.15, 0.2) is 18.2 Å². The fraction of sp³-hybridized carbons (Fsp3) is 0.500. The van der Waals surface area contributed by atoms with Crippen molar-refractivity contribution in [1.82, 2.24) is 10.6 Å². The first-order valence-corrected chi connectivity index (χ1v) is 6.05. The fourth-order valence-corrected chi connectivity index (χ4v) is 1.53. The summed E-state index contributed by atoms with van der Waals surface area (Å²) >= 11 is 0. The smallest absolute Gasteiger partial charge is 0.234 e. The van der Waals surface area contributed by atoms with Gasteiger partial charge in [-0.2, -0.15) is 0 Å². The van der Waals surface area contributed by atoms with Gasteiger partial charge in [-0.05, 0) is 44.9 Å². The molecular weight excluding hydrogens is 231 g/mol. The number of rotatable bonds is 4. The van der Waals surface area contributed by atoms with Crippen LogP contribution in [0.25, 0.3) is 0 Å². The molecule has 0 aliphatic heterocycles. The van der Waals surface area contributed by atoms with Crippen LogP contribution in [0.1, 0.15) is 31.9 Å². The second kappa shape index (κ2) is 5.96. The zero-order valence-electron chi connectivity index (χ0n) is 11.4. The molecule has 0 bridgehead atoms. The van der Waals surface area contributed by atoms with Crippen molar-refractivity contribution in [2.24, 2.45) is 0 Å². The molecule has 4 heteroatoms. The number of benzene rings is 1. The van der Waals surface area contributed by atoms with Crippen LogP contribution >= 0.6 is 0 Å². The molecule has 2 N–H and O–H groups in total. The van der Waals surface area contributed by atoms with Gasteiger partial charge < -0.3 is 10.6 Å². The summed E-state index contributed by atoms with van der Waals surface area (Å²) < 4.78 is 13.3. The van der Waals surface area contributed by atoms with E-state index in [9.17, 15) is 9.18 Å². The van der Waals surface area contributed by atoms with Gasteiger partial charge in [0, 0.05) is 12.1 Å². The number of halogens is 1. The molecule has 1 amide bonds. The Morgan fingerprint density at radius 1 is 1.33 bits per heavy atom. The zero-order valence-corrected chi connectivity index (χ0v) is 11.4. The minimum absolute atomic E-state index is 0.0601. The molecule has 18 heavy (non-hydrogen) atoms. The van der Waals surface area contributed by atoms with Gasteiger partial charge in [0.05, 0.1) is 6.54 Å². The summed E-state index contributed by atoms with van der Waals surface area (Å²) in [7, 11) is 0. The Morgan fingerprint density at radius 2 is 2.00 bits per heavy atom. The Hall–Kier alpha value is -1.42. The van der Waals surface area contributed by atoms with E-state index in [2.05, 4.69) is 10.6 Å². The SMILES string of the molecule is Cc1ccc(CNCC(=O)NC(C)(C)C)cc1F. The van der Waals surface area contributed by atoms with Crippen LogP contribution in [0.3, 0.4) is 0 Å². The van der Waals surface area contributed by atoms with Crippen molar-refractivity contribution in [2.45, 2.75) is 39.8 Å². The predicted octanol–water partition coefficient (Wildman–Crippen LogP) is 2.14. The Kier molecular flexibility index (Phi) is 4.84. The minimum Gasteiger partial charge on any atom is -0.350 e. The van der Waals surface area contributed by atoms with Gasteiger partial charge in [0.25, 0.3) is 0 Å². The molecule has 100 valence electrons. The molecule has 1 aromatic carbocycles. The van der Waals surface area contributed by atoms with Gasteiger partial charge in [-0.3, -0.25) is 4.79 Å². The van der Waals surface area contributed by atoms with E-state index in [1.165, 1.54) is 6.07 Å². The van der Waals surface area contributed by atoms with E-state index in [1.54, 1.807) is 13.0 Å². The molecule has 0 unspecified atom stereocenters. The maximum atomic E-state index is 13.3. The monoisotopic (exact) mass is 252 g/mol. The maximum absolute atomic E-state index is 13.3. The molecule has 0 spiro atoms. The highest BCUT2D eigenvalue weighted by Gasteiger charge is 2.12. The minimum atomic E-state index is -0.227. The lowest BCUT2D eigenvalue weighted by Gasteiger charge is -2.20. The highest BCUT2D eigenvalue weighted by atomic mass is 19.1. The van der Waals surface area contributed by atoms with E-state index in [0.29, 0.717) is 12.1 Å². The first-order valence-electron chi connectivity index (χ1n) is 6.05. The van der Waals surface area contributed by atoms with Crippen molar-refractivity contribution < 1.29 is 9.18 Å². The van der Waals surface area contributed by atoms with Gasteiger partial charge in [0.15, 0.2) is 0 Å². The van der Waals surface area contributed by atoms with Crippen molar-refractivity contribution in [1.29, 1.82) is 0 Å². The second-order valence-electron chi connectivity index (χ2n) is 5.49. The van der Waals surface area contributed by atoms with Crippen LogP contribution in [-0.2, 0) is 11.3 Å². The Bertz CT molecular complexity index is 424. The van der Waals surface area contributed by atoms with E-state index >= 15 is 0 Å². The van der Waals surface area contributed by atoms with Crippen LogP contribution < -0.4 is 10.6 Å². The van der Waals surface area contributed by atoms with Crippen LogP contribution in [-0.4, -0.2) is 18.0 Å². The van der Waals surface area contributed by atoms with Gasteiger partial charge in [-0.15, -0.1) is 0 Å². The first-order chi connectivity index (χ1) is 8.28. The number of nitrogens with one attached hydrogen (secondary N) is 2. The Labute approximate surface area is 108 Å². The summed E-state index contributed by atoms with van der Waals surface area (Å²) in [5.74, 6) is -0.275. The third-order valence-corrected chi connectivity index (χ3v) is 2.37. The largest absolute Gasteiger partial charge is 0.350 e. The normalized spacial score (nSPS) is 11.4. The molecule has 0 aromatic heterocycles. The molecule has 1 aromatic rings. The fourth-order valence-electron chi connectivity index (χ4n) is 1.53. The highest BCUT2D eigenvalue weighted by Crippen LogP contribution is 2.08. The molecule has 0 aliphatic carbocycles. The first kappa shape index (κ1) is 14.6. The van der Waals surface area contributed by atoms with Gasteiger partial charge >= 0.3 is 0 Å². The summed E-state index contributed by atoms with van der Waals surface area (Å²) in [5, 5.41) is 5.84. The lowest BCUT2D eigenvalue weighted by molar-refractivity contribution is -0.121. The second-order valence-corrected chi connectivity index (χ2v) is 5.49. The maximum Gasteiger partial charge on any atom is 0.234 e. The van der Waals surface area contributed by atoms with Crippen molar-refractivity contribution >= 4 is 5.91 Å². The van der Waals surface area contributed by atoms with Crippen LogP contribution in [0.5, 0.6) is 0 Å². The van der Waals surface area contributed by atoms with E-state index in [0.717, 1.165) is 5.56 Å². The van der Waals surface area contributed by atoms with Gasteiger partial charge in [0.1, 0.15) is 5.82 Å². The number of aryl methyl sites for hydroxylation is 1. The van der Waals surface area contributed by atoms with Crippen LogP contribution in [0.4, 0.5) is 4.39 Å². The van der Waals surface area contributed by atoms with E-state index < -0.39 is 0 Å². The van der Waals surface area contributed by atoms with Crippen molar-refractivity contribution in [2.75, 3.05) is 6.54 Å². The molecule has 0 saturated carbocycles. The lowest BCUT2D eigenvalue weighted by atomic mass is 10.1. The molecule has 0 atom stereocenters. The van der Waals surface area contributed by atoms with Gasteiger partial charge in [-0.25, -0.2) is 4.39 Å². The van der Waals surface area contributed by atoms with Crippen molar-refractivity contribution in [3.05, 3.63) is 35.1 Å². The Balaban J connectivity index is 2.38. The number of hydrogen-bond acceptors (Lipinski definition) is 2. The highest BCUT2D eigenvalue weighted by molar-refractivity contribution is 5.78.